The van der Waals surface area contributed by atoms with E-state index >= 15 is 0 Å². The maximum Gasteiger partial charge on any atom is 0.410 e. The second-order valence-electron chi connectivity index (χ2n) is 8.30. The molecule has 1 heterocycles. The molecule has 2 aliphatic rings. The molecule has 2 fully saturated rings. The summed E-state index contributed by atoms with van der Waals surface area (Å²) in [7, 11) is 0. The minimum Gasteiger partial charge on any atom is -0.444 e. The van der Waals surface area contributed by atoms with Gasteiger partial charge >= 0.3 is 6.09 Å². The molecule has 2 atom stereocenters. The number of carbonyl (C=O) groups excluding carboxylic acids is 1. The van der Waals surface area contributed by atoms with Crippen LogP contribution in [0.5, 0.6) is 0 Å². The van der Waals surface area contributed by atoms with Crippen molar-refractivity contribution in [2.45, 2.75) is 71.0 Å². The number of hydrogen-bond donors (Lipinski definition) is 0. The van der Waals surface area contributed by atoms with Crippen LogP contribution < -0.4 is 0 Å². The molecule has 0 bridgehead atoms. The average Bonchev–Trinajstić information content (AvgIpc) is 2.42. The number of likely N-dealkylation sites (tertiary alicyclic amines) is 1. The fourth-order valence-corrected chi connectivity index (χ4v) is 4.14. The number of nitrogens with zero attached hydrogens (tertiary/aromatic N) is 1. The molecule has 0 spiro atoms. The summed E-state index contributed by atoms with van der Waals surface area (Å²) in [5.74, 6) is 1.47. The molecule has 5 heteroatoms. The van der Waals surface area contributed by atoms with Crippen LogP contribution in [0.1, 0.15) is 59.8 Å². The molecule has 23 heavy (non-hydrogen) atoms. The second kappa shape index (κ2) is 7.89. The maximum atomic E-state index is 12.4. The standard InChI is InChI=1S/C18H32INO3/c1-14(15-7-5-8-15)11-22-18(12-19)9-6-10-20(13-18)16(21)23-17(2,3)4/h14-15H,5-13H2,1-4H3. The summed E-state index contributed by atoms with van der Waals surface area (Å²) in [6.45, 7) is 10.3. The van der Waals surface area contributed by atoms with Crippen LogP contribution in [-0.2, 0) is 9.47 Å². The molecule has 2 rings (SSSR count). The third-order valence-corrected chi connectivity index (χ3v) is 6.43. The highest BCUT2D eigenvalue weighted by atomic mass is 127. The SMILES string of the molecule is CC(COC1(CI)CCCN(C(=O)OC(C)(C)C)C1)C1CCC1. The molecular weight excluding hydrogens is 405 g/mol. The zero-order valence-corrected chi connectivity index (χ0v) is 17.2. The van der Waals surface area contributed by atoms with Gasteiger partial charge in [0.05, 0.1) is 18.8 Å². The molecular formula is C18H32INO3. The van der Waals surface area contributed by atoms with Gasteiger partial charge in [-0.3, -0.25) is 0 Å². The van der Waals surface area contributed by atoms with Crippen molar-refractivity contribution < 1.29 is 14.3 Å². The first kappa shape index (κ1) is 19.3. The average molecular weight is 437 g/mol. The highest BCUT2D eigenvalue weighted by Gasteiger charge is 2.39. The Labute approximate surface area is 154 Å². The van der Waals surface area contributed by atoms with Gasteiger partial charge < -0.3 is 14.4 Å². The molecule has 1 amide bonds. The Bertz CT molecular complexity index is 406. The lowest BCUT2D eigenvalue weighted by atomic mass is 9.77. The zero-order valence-electron chi connectivity index (χ0n) is 15.1. The number of hydrogen-bond acceptors (Lipinski definition) is 3. The van der Waals surface area contributed by atoms with Crippen molar-refractivity contribution in [2.75, 3.05) is 24.1 Å². The Balaban J connectivity index is 1.90. The van der Waals surface area contributed by atoms with E-state index in [9.17, 15) is 4.79 Å². The lowest BCUT2D eigenvalue weighted by molar-refractivity contribution is -0.0918. The highest BCUT2D eigenvalue weighted by molar-refractivity contribution is 14.1. The monoisotopic (exact) mass is 437 g/mol. The number of piperidine rings is 1. The van der Waals surface area contributed by atoms with E-state index in [1.807, 2.05) is 25.7 Å². The van der Waals surface area contributed by atoms with Crippen LogP contribution in [0.4, 0.5) is 4.79 Å². The van der Waals surface area contributed by atoms with Crippen molar-refractivity contribution in [3.05, 3.63) is 0 Å². The van der Waals surface area contributed by atoms with Gasteiger partial charge in [-0.15, -0.1) is 0 Å². The van der Waals surface area contributed by atoms with Crippen LogP contribution in [0.15, 0.2) is 0 Å². The van der Waals surface area contributed by atoms with Crippen LogP contribution in [0.2, 0.25) is 0 Å². The molecule has 1 saturated carbocycles. The Hall–Kier alpha value is -0.0400. The Kier molecular flexibility index (Phi) is 6.62. The smallest absolute Gasteiger partial charge is 0.410 e. The van der Waals surface area contributed by atoms with Gasteiger partial charge in [0.25, 0.3) is 0 Å². The van der Waals surface area contributed by atoms with E-state index in [1.165, 1.54) is 19.3 Å². The summed E-state index contributed by atoms with van der Waals surface area (Å²) in [4.78, 5) is 14.2. The van der Waals surface area contributed by atoms with Crippen LogP contribution in [-0.4, -0.2) is 46.3 Å². The minimum atomic E-state index is -0.443. The van der Waals surface area contributed by atoms with Crippen molar-refractivity contribution in [2.24, 2.45) is 11.8 Å². The van der Waals surface area contributed by atoms with Gasteiger partial charge in [-0.05, 0) is 45.4 Å². The van der Waals surface area contributed by atoms with Gasteiger partial charge in [-0.1, -0.05) is 48.8 Å². The topological polar surface area (TPSA) is 38.8 Å². The van der Waals surface area contributed by atoms with Gasteiger partial charge in [-0.2, -0.15) is 0 Å². The second-order valence-corrected chi connectivity index (χ2v) is 9.06. The first-order valence-corrected chi connectivity index (χ1v) is 10.5. The summed E-state index contributed by atoms with van der Waals surface area (Å²) < 4.78 is 12.8. The number of rotatable bonds is 5. The van der Waals surface area contributed by atoms with E-state index in [-0.39, 0.29) is 11.7 Å². The van der Waals surface area contributed by atoms with E-state index in [0.717, 1.165) is 36.3 Å². The largest absolute Gasteiger partial charge is 0.444 e. The molecule has 0 radical (unpaired) electrons. The minimum absolute atomic E-state index is 0.201. The number of alkyl halides is 1. The lowest BCUT2D eigenvalue weighted by Gasteiger charge is -2.43. The molecule has 2 unspecified atom stereocenters. The molecule has 0 N–H and O–H groups in total. The normalized spacial score (nSPS) is 27.4. The molecule has 0 aromatic heterocycles. The van der Waals surface area contributed by atoms with E-state index in [0.29, 0.717) is 12.5 Å². The van der Waals surface area contributed by atoms with Gasteiger partial charge in [0.15, 0.2) is 0 Å². The maximum absolute atomic E-state index is 12.4. The van der Waals surface area contributed by atoms with Gasteiger partial charge in [0.2, 0.25) is 0 Å². The summed E-state index contributed by atoms with van der Waals surface area (Å²) in [6.07, 6.45) is 5.89. The summed E-state index contributed by atoms with van der Waals surface area (Å²) in [5, 5.41) is 0. The summed E-state index contributed by atoms with van der Waals surface area (Å²) in [5.41, 5.74) is -0.644. The zero-order chi connectivity index (χ0) is 17.1. The van der Waals surface area contributed by atoms with Gasteiger partial charge in [-0.25, -0.2) is 4.79 Å². The highest BCUT2D eigenvalue weighted by Crippen LogP contribution is 2.35. The predicted octanol–water partition coefficient (Wildman–Crippen LogP) is 4.64. The Morgan fingerprint density at radius 1 is 1.35 bits per heavy atom. The van der Waals surface area contributed by atoms with E-state index in [1.54, 1.807) is 0 Å². The molecule has 1 saturated heterocycles. The molecule has 0 aromatic rings. The number of ether oxygens (including phenoxy) is 2. The van der Waals surface area contributed by atoms with Gasteiger partial charge in [0, 0.05) is 11.0 Å². The van der Waals surface area contributed by atoms with Crippen LogP contribution in [0, 0.1) is 11.8 Å². The molecule has 1 aliphatic carbocycles. The quantitative estimate of drug-likeness (QED) is 0.465. The third-order valence-electron chi connectivity index (χ3n) is 5.04. The fraction of sp³-hybridized carbons (Fsp3) is 0.944. The molecule has 4 nitrogen and oxygen atoms in total. The summed E-state index contributed by atoms with van der Waals surface area (Å²) >= 11 is 2.40. The van der Waals surface area contributed by atoms with Crippen molar-refractivity contribution in [3.63, 3.8) is 0 Å². The number of amides is 1. The van der Waals surface area contributed by atoms with Crippen LogP contribution in [0.25, 0.3) is 0 Å². The van der Waals surface area contributed by atoms with Crippen LogP contribution in [0.3, 0.4) is 0 Å². The molecule has 0 aromatic carbocycles. The van der Waals surface area contributed by atoms with Crippen molar-refractivity contribution in [3.8, 4) is 0 Å². The first-order chi connectivity index (χ1) is 10.7. The fourth-order valence-electron chi connectivity index (χ4n) is 3.30. The van der Waals surface area contributed by atoms with Crippen molar-refractivity contribution in [1.29, 1.82) is 0 Å². The van der Waals surface area contributed by atoms with Crippen LogP contribution >= 0.6 is 22.6 Å². The number of carbonyl (C=O) groups is 1. The lowest BCUT2D eigenvalue weighted by Crippen LogP contribution is -2.54. The predicted molar refractivity (Wildman–Crippen MR) is 101 cm³/mol. The van der Waals surface area contributed by atoms with E-state index in [4.69, 9.17) is 9.47 Å². The van der Waals surface area contributed by atoms with Gasteiger partial charge in [0.1, 0.15) is 5.60 Å². The molecule has 1 aliphatic heterocycles. The summed E-state index contributed by atoms with van der Waals surface area (Å²) in [6, 6.07) is 0. The number of halogens is 1. The van der Waals surface area contributed by atoms with E-state index < -0.39 is 5.60 Å². The third kappa shape index (κ3) is 5.48. The first-order valence-electron chi connectivity index (χ1n) is 8.92. The van der Waals surface area contributed by atoms with E-state index in [2.05, 4.69) is 29.5 Å². The molecule has 134 valence electrons. The Morgan fingerprint density at radius 3 is 2.57 bits per heavy atom. The van der Waals surface area contributed by atoms with Crippen molar-refractivity contribution in [1.82, 2.24) is 4.90 Å². The Morgan fingerprint density at radius 2 is 2.04 bits per heavy atom. The van der Waals surface area contributed by atoms with Crippen molar-refractivity contribution >= 4 is 28.7 Å².